The van der Waals surface area contributed by atoms with Gasteiger partial charge in [0.2, 0.25) is 6.08 Å². The van der Waals surface area contributed by atoms with E-state index in [1.165, 1.54) is 216 Å². The molecule has 62 heavy (non-hydrogen) atoms. The Morgan fingerprint density at radius 3 is 1.16 bits per heavy atom. The van der Waals surface area contributed by atoms with Gasteiger partial charge in [-0.25, -0.2) is 9.79 Å². The van der Waals surface area contributed by atoms with Crippen molar-refractivity contribution in [1.29, 1.82) is 0 Å². The lowest BCUT2D eigenvalue weighted by atomic mass is 9.97. The molecule has 4 nitrogen and oxygen atoms in total. The highest BCUT2D eigenvalue weighted by Crippen LogP contribution is 2.19. The smallest absolute Gasteiger partial charge is 0.234 e. The van der Waals surface area contributed by atoms with Gasteiger partial charge in [-0.2, -0.15) is 0 Å². The molecule has 0 saturated heterocycles. The van der Waals surface area contributed by atoms with Crippen LogP contribution in [0.2, 0.25) is 0 Å². The van der Waals surface area contributed by atoms with Crippen LogP contribution < -0.4 is 5.73 Å². The number of unbranched alkanes of at least 4 members (excludes halogenated alkanes) is 31. The average Bonchev–Trinajstić information content (AvgIpc) is 3.26. The van der Waals surface area contributed by atoms with Crippen molar-refractivity contribution in [2.75, 3.05) is 12.3 Å². The van der Waals surface area contributed by atoms with E-state index in [1.807, 2.05) is 18.2 Å². The van der Waals surface area contributed by atoms with Crippen LogP contribution in [0.1, 0.15) is 288 Å². The summed E-state index contributed by atoms with van der Waals surface area (Å²) < 4.78 is 0. The molecule has 0 aliphatic carbocycles. The van der Waals surface area contributed by atoms with E-state index in [9.17, 15) is 9.59 Å². The summed E-state index contributed by atoms with van der Waals surface area (Å²) in [7, 11) is 0. The lowest BCUT2D eigenvalue weighted by Crippen LogP contribution is -2.03. The summed E-state index contributed by atoms with van der Waals surface area (Å²) in [5.74, 6) is 1.51. The van der Waals surface area contributed by atoms with Gasteiger partial charge in [0.05, 0.1) is 6.54 Å². The van der Waals surface area contributed by atoms with Crippen LogP contribution in [0.25, 0.3) is 0 Å². The Balaban J connectivity index is 0.00000102. The summed E-state index contributed by atoms with van der Waals surface area (Å²) in [4.78, 5) is 25.7. The van der Waals surface area contributed by atoms with Gasteiger partial charge >= 0.3 is 0 Å². The first-order valence-electron chi connectivity index (χ1n) is 26.7. The maximum atomic E-state index is 12.3. The third-order valence-electron chi connectivity index (χ3n) is 12.3. The molecular formula is C58H102N2O2. The average molecular weight is 859 g/mol. The van der Waals surface area contributed by atoms with Gasteiger partial charge in [-0.1, -0.05) is 277 Å². The second kappa shape index (κ2) is 46.3. The minimum Gasteiger partial charge on any atom is -0.399 e. The zero-order valence-corrected chi connectivity index (χ0v) is 42.1. The molecule has 0 bridgehead atoms. The number of carbonyl (C=O) groups excluding carboxylic acids is 2. The van der Waals surface area contributed by atoms with Gasteiger partial charge in [-0.05, 0) is 53.5 Å². The Kier molecular flexibility index (Phi) is 44.3. The largest absolute Gasteiger partial charge is 0.399 e. The van der Waals surface area contributed by atoms with E-state index in [4.69, 9.17) is 5.73 Å². The summed E-state index contributed by atoms with van der Waals surface area (Å²) in [5.41, 5.74) is 10.3. The monoisotopic (exact) mass is 859 g/mol. The van der Waals surface area contributed by atoms with Crippen molar-refractivity contribution in [2.24, 2.45) is 4.99 Å². The number of aliphatic imine (C=N–C) groups is 1. The van der Waals surface area contributed by atoms with Crippen molar-refractivity contribution in [3.05, 3.63) is 65.2 Å². The van der Waals surface area contributed by atoms with Crippen molar-refractivity contribution in [1.82, 2.24) is 0 Å². The normalized spacial score (nSPS) is 10.9. The summed E-state index contributed by atoms with van der Waals surface area (Å²) in [6.07, 6.45) is 48.5. The van der Waals surface area contributed by atoms with Gasteiger partial charge in [0.25, 0.3) is 0 Å². The van der Waals surface area contributed by atoms with Crippen molar-refractivity contribution in [3.8, 4) is 0 Å². The molecule has 0 heterocycles. The highest BCUT2D eigenvalue weighted by Gasteiger charge is 2.06. The number of Topliss-reactive ketones (excluding diaryl/α,β-unsaturated/α-hetero) is 1. The molecule has 0 spiro atoms. The van der Waals surface area contributed by atoms with E-state index in [0.29, 0.717) is 30.6 Å². The fraction of sp³-hybridized carbons (Fsp3) is 0.759. The number of ketones is 1. The Bertz CT molecular complexity index is 1300. The molecule has 0 aliphatic rings. The molecule has 2 aromatic rings. The topological polar surface area (TPSA) is 72.5 Å². The number of nitrogens with two attached hydrogens (primary N) is 1. The molecule has 0 aliphatic heterocycles. The number of hydrogen-bond acceptors (Lipinski definition) is 4. The molecule has 0 aromatic heterocycles. The van der Waals surface area contributed by atoms with E-state index in [1.54, 1.807) is 6.08 Å². The van der Waals surface area contributed by atoms with Crippen LogP contribution >= 0.6 is 0 Å². The number of benzene rings is 2. The van der Waals surface area contributed by atoms with Crippen LogP contribution in [-0.2, 0) is 16.0 Å². The zero-order chi connectivity index (χ0) is 45.6. The Morgan fingerprint density at radius 2 is 0.823 bits per heavy atom. The van der Waals surface area contributed by atoms with E-state index in [0.717, 1.165) is 24.9 Å². The number of isocyanates is 1. The predicted octanol–water partition coefficient (Wildman–Crippen LogP) is 18.9. The first-order chi connectivity index (χ1) is 30.2. The Hall–Kier alpha value is -2.71. The number of rotatable bonds is 39. The van der Waals surface area contributed by atoms with Crippen molar-refractivity contribution in [3.63, 3.8) is 0 Å². The van der Waals surface area contributed by atoms with Crippen LogP contribution in [0.15, 0.2) is 53.5 Å². The first kappa shape index (κ1) is 59.3. The standard InChI is InChI=1S/C30H52O.C19H37NO.C9H13N/c1-4-5-6-7-8-9-10-11-12-13-14-15-16-17-18-19-20-24-30(31)26-28-22-21-23-29(25-28)27(2)3;1-2-3-4-5-6-7-8-9-10-11-12-13-14-15-16-17-18-20-19-21;1-7(2)8-4-3-5-9(10)6-8/h21-23,25,27H,4-20,24,26H2,1-3H3;2-18H2,1H3;3-7H,10H2,1-2H3. The van der Waals surface area contributed by atoms with Gasteiger partial charge in [0.1, 0.15) is 5.78 Å². The Labute approximate surface area is 386 Å². The highest BCUT2D eigenvalue weighted by molar-refractivity contribution is 5.80. The summed E-state index contributed by atoms with van der Waals surface area (Å²) in [6, 6.07) is 16.6. The van der Waals surface area contributed by atoms with Gasteiger partial charge in [-0.3, -0.25) is 4.79 Å². The second-order valence-electron chi connectivity index (χ2n) is 19.1. The van der Waals surface area contributed by atoms with E-state index >= 15 is 0 Å². The summed E-state index contributed by atoms with van der Waals surface area (Å²) >= 11 is 0. The van der Waals surface area contributed by atoms with Gasteiger partial charge < -0.3 is 5.73 Å². The number of carbonyl (C=O) groups is 1. The molecule has 0 fully saturated rings. The molecule has 4 heteroatoms. The minimum absolute atomic E-state index is 0.405. The van der Waals surface area contributed by atoms with E-state index in [2.05, 4.69) is 76.9 Å². The highest BCUT2D eigenvalue weighted by atomic mass is 16.1. The van der Waals surface area contributed by atoms with Crippen LogP contribution in [0.3, 0.4) is 0 Å². The first-order valence-corrected chi connectivity index (χ1v) is 26.7. The molecule has 356 valence electrons. The Morgan fingerprint density at radius 1 is 0.484 bits per heavy atom. The van der Waals surface area contributed by atoms with Gasteiger partial charge in [-0.15, -0.1) is 0 Å². The molecule has 0 unspecified atom stereocenters. The molecule has 2 aromatic carbocycles. The van der Waals surface area contributed by atoms with Crippen molar-refractivity contribution in [2.45, 2.75) is 278 Å². The maximum Gasteiger partial charge on any atom is 0.234 e. The lowest BCUT2D eigenvalue weighted by molar-refractivity contribution is -0.118. The lowest BCUT2D eigenvalue weighted by Gasteiger charge is -2.08. The fourth-order valence-corrected chi connectivity index (χ4v) is 8.13. The third-order valence-corrected chi connectivity index (χ3v) is 12.3. The zero-order valence-electron chi connectivity index (χ0n) is 42.1. The minimum atomic E-state index is 0.405. The van der Waals surface area contributed by atoms with Gasteiger partial charge in [0, 0.05) is 18.5 Å². The number of nitrogens with zero attached hydrogens (tertiary/aromatic N) is 1. The van der Waals surface area contributed by atoms with Crippen LogP contribution in [-0.4, -0.2) is 18.4 Å². The maximum absolute atomic E-state index is 12.3. The summed E-state index contributed by atoms with van der Waals surface area (Å²) in [6.45, 7) is 14.0. The van der Waals surface area contributed by atoms with Gasteiger partial charge in [0.15, 0.2) is 0 Å². The second-order valence-corrected chi connectivity index (χ2v) is 19.1. The van der Waals surface area contributed by atoms with Crippen LogP contribution in [0, 0.1) is 0 Å². The van der Waals surface area contributed by atoms with Crippen LogP contribution in [0.4, 0.5) is 5.69 Å². The molecule has 0 radical (unpaired) electrons. The van der Waals surface area contributed by atoms with Crippen molar-refractivity contribution >= 4 is 17.6 Å². The molecule has 2 N–H and O–H groups in total. The summed E-state index contributed by atoms with van der Waals surface area (Å²) in [5, 5.41) is 0. The SMILES string of the molecule is CC(C)c1cccc(N)c1.CCCCCCCCCCCCCCCCCCCC(=O)Cc1cccc(C(C)C)c1.CCCCCCCCCCCCCCCCCCN=C=O. The quantitative estimate of drug-likeness (QED) is 0.0315. The van der Waals surface area contributed by atoms with E-state index < -0.39 is 0 Å². The van der Waals surface area contributed by atoms with E-state index in [-0.39, 0.29) is 0 Å². The van der Waals surface area contributed by atoms with Crippen LogP contribution in [0.5, 0.6) is 0 Å². The third kappa shape index (κ3) is 41.3. The molecule has 0 atom stereocenters. The molecular weight excluding hydrogens is 757 g/mol. The molecule has 2 rings (SSSR count). The van der Waals surface area contributed by atoms with Crippen molar-refractivity contribution < 1.29 is 9.59 Å². The molecule has 0 amide bonds. The fourth-order valence-electron chi connectivity index (χ4n) is 8.13. The molecule has 0 saturated carbocycles. The number of nitrogen functional groups attached to an aromatic ring is 1. The predicted molar refractivity (Wildman–Crippen MR) is 275 cm³/mol. The number of anilines is 1. The number of hydrogen-bond donors (Lipinski definition) is 1.